The van der Waals surface area contributed by atoms with Crippen LogP contribution < -0.4 is 0 Å². The maximum atomic E-state index is 4.44. The molecule has 1 heteroatoms. The van der Waals surface area contributed by atoms with Crippen LogP contribution in [0.3, 0.4) is 0 Å². The summed E-state index contributed by atoms with van der Waals surface area (Å²) in [5, 5.41) is 0. The first-order valence-corrected chi connectivity index (χ1v) is 6.05. The van der Waals surface area contributed by atoms with E-state index in [9.17, 15) is 0 Å². The van der Waals surface area contributed by atoms with Crippen LogP contribution in [0.15, 0.2) is 48.7 Å². The smallest absolute Gasteiger partial charge is 0.0704 e. The number of pyridine rings is 1. The van der Waals surface area contributed by atoms with Gasteiger partial charge in [0.15, 0.2) is 0 Å². The van der Waals surface area contributed by atoms with Gasteiger partial charge in [-0.2, -0.15) is 0 Å². The summed E-state index contributed by atoms with van der Waals surface area (Å²) in [6.07, 6.45) is 2.98. The van der Waals surface area contributed by atoms with E-state index in [0.717, 1.165) is 12.1 Å². The third kappa shape index (κ3) is 3.42. The highest BCUT2D eigenvalue weighted by Gasteiger charge is 2.11. The molecule has 0 radical (unpaired) electrons. The highest BCUT2D eigenvalue weighted by atomic mass is 14.7. The minimum absolute atomic E-state index is 0.315. The lowest BCUT2D eigenvalue weighted by Crippen LogP contribution is -2.09. The molecule has 1 aromatic carbocycles. The summed E-state index contributed by atoms with van der Waals surface area (Å²) < 4.78 is 0. The third-order valence-corrected chi connectivity index (χ3v) is 2.63. The molecule has 1 heterocycles. The van der Waals surface area contributed by atoms with Crippen molar-refractivity contribution in [2.24, 2.45) is 5.41 Å². The molecule has 0 unspecified atom stereocenters. The van der Waals surface area contributed by atoms with Gasteiger partial charge in [0, 0.05) is 11.8 Å². The van der Waals surface area contributed by atoms with Gasteiger partial charge in [-0.05, 0) is 29.5 Å². The predicted octanol–water partition coefficient (Wildman–Crippen LogP) is 4.34. The van der Waals surface area contributed by atoms with Crippen molar-refractivity contribution in [3.63, 3.8) is 0 Å². The molecule has 2 aromatic rings. The highest BCUT2D eigenvalue weighted by Crippen LogP contribution is 2.23. The summed E-state index contributed by atoms with van der Waals surface area (Å²) in [7, 11) is 0. The first kappa shape index (κ1) is 11.8. The second-order valence-electron chi connectivity index (χ2n) is 5.65. The Hall–Kier alpha value is -1.63. The fourth-order valence-corrected chi connectivity index (χ4v) is 1.96. The molecule has 0 aliphatic heterocycles. The quantitative estimate of drug-likeness (QED) is 0.741. The molecule has 0 atom stereocenters. The molecule has 1 nitrogen and oxygen atoms in total. The van der Waals surface area contributed by atoms with Crippen LogP contribution in [-0.2, 0) is 6.42 Å². The van der Waals surface area contributed by atoms with Gasteiger partial charge in [0.25, 0.3) is 0 Å². The summed E-state index contributed by atoms with van der Waals surface area (Å²) in [6.45, 7) is 6.78. The fraction of sp³-hybridized carbons (Fsp3) is 0.312. The van der Waals surface area contributed by atoms with Crippen molar-refractivity contribution in [2.75, 3.05) is 0 Å². The highest BCUT2D eigenvalue weighted by molar-refractivity contribution is 5.59. The number of hydrogen-bond donors (Lipinski definition) is 0. The zero-order chi connectivity index (χ0) is 12.3. The molecule has 0 spiro atoms. The zero-order valence-electron chi connectivity index (χ0n) is 10.8. The molecular formula is C16H19N. The number of benzene rings is 1. The van der Waals surface area contributed by atoms with E-state index in [-0.39, 0.29) is 0 Å². The van der Waals surface area contributed by atoms with Gasteiger partial charge in [-0.1, -0.05) is 51.1 Å². The van der Waals surface area contributed by atoms with Gasteiger partial charge in [0.05, 0.1) is 5.69 Å². The average Bonchev–Trinajstić information content (AvgIpc) is 2.28. The van der Waals surface area contributed by atoms with Crippen molar-refractivity contribution < 1.29 is 0 Å². The van der Waals surface area contributed by atoms with Crippen molar-refractivity contribution in [3.8, 4) is 11.3 Å². The fourth-order valence-electron chi connectivity index (χ4n) is 1.96. The van der Waals surface area contributed by atoms with Gasteiger partial charge in [-0.15, -0.1) is 0 Å². The van der Waals surface area contributed by atoms with Crippen LogP contribution in [0.1, 0.15) is 26.3 Å². The number of aromatic nitrogens is 1. The number of rotatable bonds is 2. The Morgan fingerprint density at radius 3 is 2.35 bits per heavy atom. The van der Waals surface area contributed by atoms with E-state index < -0.39 is 0 Å². The van der Waals surface area contributed by atoms with E-state index in [4.69, 9.17) is 0 Å². The molecular weight excluding hydrogens is 206 g/mol. The average molecular weight is 225 g/mol. The molecule has 0 amide bonds. The van der Waals surface area contributed by atoms with Gasteiger partial charge in [0.2, 0.25) is 0 Å². The molecule has 0 N–H and O–H groups in total. The van der Waals surface area contributed by atoms with Gasteiger partial charge < -0.3 is 0 Å². The van der Waals surface area contributed by atoms with Crippen molar-refractivity contribution >= 4 is 0 Å². The second-order valence-corrected chi connectivity index (χ2v) is 5.65. The minimum Gasteiger partial charge on any atom is -0.256 e. The lowest BCUT2D eigenvalue weighted by atomic mass is 9.88. The maximum absolute atomic E-state index is 4.44. The Labute approximate surface area is 104 Å². The summed E-state index contributed by atoms with van der Waals surface area (Å²) in [5.74, 6) is 0. The lowest BCUT2D eigenvalue weighted by molar-refractivity contribution is 0.411. The molecule has 0 fully saturated rings. The largest absolute Gasteiger partial charge is 0.256 e. The van der Waals surface area contributed by atoms with Crippen LogP contribution in [0.25, 0.3) is 11.3 Å². The third-order valence-electron chi connectivity index (χ3n) is 2.63. The minimum atomic E-state index is 0.315. The predicted molar refractivity (Wildman–Crippen MR) is 72.8 cm³/mol. The van der Waals surface area contributed by atoms with Crippen LogP contribution in [0, 0.1) is 5.41 Å². The van der Waals surface area contributed by atoms with Gasteiger partial charge in [-0.3, -0.25) is 4.98 Å². The monoisotopic (exact) mass is 225 g/mol. The van der Waals surface area contributed by atoms with Crippen molar-refractivity contribution in [3.05, 3.63) is 54.2 Å². The molecule has 2 rings (SSSR count). The van der Waals surface area contributed by atoms with E-state index in [0.29, 0.717) is 5.41 Å². The summed E-state index contributed by atoms with van der Waals surface area (Å²) in [5.41, 5.74) is 3.91. The Morgan fingerprint density at radius 2 is 1.71 bits per heavy atom. The number of hydrogen-bond acceptors (Lipinski definition) is 1. The van der Waals surface area contributed by atoms with E-state index in [1.165, 1.54) is 11.1 Å². The zero-order valence-corrected chi connectivity index (χ0v) is 10.8. The van der Waals surface area contributed by atoms with Gasteiger partial charge in [0.1, 0.15) is 0 Å². The second kappa shape index (κ2) is 4.70. The van der Waals surface area contributed by atoms with Crippen LogP contribution >= 0.6 is 0 Å². The van der Waals surface area contributed by atoms with E-state index in [1.54, 1.807) is 0 Å². The normalized spacial score (nSPS) is 11.5. The van der Waals surface area contributed by atoms with Crippen LogP contribution in [0.5, 0.6) is 0 Å². The van der Waals surface area contributed by atoms with Crippen molar-refractivity contribution in [1.82, 2.24) is 4.98 Å². The van der Waals surface area contributed by atoms with E-state index in [1.807, 2.05) is 24.4 Å². The lowest BCUT2D eigenvalue weighted by Gasteiger charge is -2.18. The molecule has 0 aliphatic rings. The first-order chi connectivity index (χ1) is 8.04. The Morgan fingerprint density at radius 1 is 1.00 bits per heavy atom. The van der Waals surface area contributed by atoms with E-state index >= 15 is 0 Å². The summed E-state index contributed by atoms with van der Waals surface area (Å²) >= 11 is 0. The topological polar surface area (TPSA) is 12.9 Å². The first-order valence-electron chi connectivity index (χ1n) is 6.05. The van der Waals surface area contributed by atoms with Crippen molar-refractivity contribution in [2.45, 2.75) is 27.2 Å². The molecule has 0 aliphatic carbocycles. The molecule has 0 saturated carbocycles. The summed E-state index contributed by atoms with van der Waals surface area (Å²) in [6, 6.07) is 14.6. The molecule has 0 saturated heterocycles. The SMILES string of the molecule is CC(C)(C)Cc1ccnc(-c2ccccc2)c1. The van der Waals surface area contributed by atoms with Crippen LogP contribution in [0.2, 0.25) is 0 Å². The molecule has 1 aromatic heterocycles. The number of nitrogens with zero attached hydrogens (tertiary/aromatic N) is 1. The molecule has 17 heavy (non-hydrogen) atoms. The Bertz CT molecular complexity index is 480. The summed E-state index contributed by atoms with van der Waals surface area (Å²) in [4.78, 5) is 4.44. The van der Waals surface area contributed by atoms with Gasteiger partial charge in [-0.25, -0.2) is 0 Å². The van der Waals surface area contributed by atoms with Gasteiger partial charge >= 0.3 is 0 Å². The molecule has 88 valence electrons. The van der Waals surface area contributed by atoms with Crippen LogP contribution in [0.4, 0.5) is 0 Å². The van der Waals surface area contributed by atoms with Crippen molar-refractivity contribution in [1.29, 1.82) is 0 Å². The standard InChI is InChI=1S/C16H19N/c1-16(2,3)12-13-9-10-17-15(11-13)14-7-5-4-6-8-14/h4-11H,12H2,1-3H3. The van der Waals surface area contributed by atoms with Crippen LogP contribution in [-0.4, -0.2) is 4.98 Å². The molecule has 0 bridgehead atoms. The Kier molecular flexibility index (Phi) is 3.28. The Balaban J connectivity index is 2.29. The maximum Gasteiger partial charge on any atom is 0.0704 e. The van der Waals surface area contributed by atoms with E-state index in [2.05, 4.69) is 50.0 Å².